The van der Waals surface area contributed by atoms with Gasteiger partial charge in [0.1, 0.15) is 11.6 Å². The van der Waals surface area contributed by atoms with E-state index >= 15 is 0 Å². The lowest BCUT2D eigenvalue weighted by Gasteiger charge is -2.08. The summed E-state index contributed by atoms with van der Waals surface area (Å²) in [5.41, 5.74) is 1.98. The van der Waals surface area contributed by atoms with Gasteiger partial charge in [-0.1, -0.05) is 29.8 Å². The molecular weight excluding hydrogens is 353 g/mol. The molecule has 0 fully saturated rings. The molecule has 0 saturated heterocycles. The summed E-state index contributed by atoms with van der Waals surface area (Å²) in [6.45, 7) is 0.726. The third-order valence-corrected chi connectivity index (χ3v) is 3.99. The highest BCUT2D eigenvalue weighted by atomic mass is 35.5. The second-order valence-electron chi connectivity index (χ2n) is 5.70. The van der Waals surface area contributed by atoms with Crippen molar-refractivity contribution < 1.29 is 9.18 Å². The Morgan fingerprint density at radius 3 is 2.58 bits per heavy atom. The van der Waals surface area contributed by atoms with E-state index in [1.807, 2.05) is 24.3 Å². The number of carbonyl (C=O) groups excluding carboxylic acids is 1. The minimum Gasteiger partial charge on any atom is -0.370 e. The smallest absolute Gasteiger partial charge is 0.255 e. The van der Waals surface area contributed by atoms with Crippen LogP contribution in [0.3, 0.4) is 0 Å². The first-order valence-corrected chi connectivity index (χ1v) is 8.49. The van der Waals surface area contributed by atoms with Crippen LogP contribution in [0.25, 0.3) is 0 Å². The van der Waals surface area contributed by atoms with Crippen LogP contribution in [0.1, 0.15) is 15.9 Å². The van der Waals surface area contributed by atoms with Crippen molar-refractivity contribution in [3.05, 3.63) is 88.8 Å². The Morgan fingerprint density at radius 1 is 1.08 bits per heavy atom. The molecule has 0 atom stereocenters. The zero-order chi connectivity index (χ0) is 18.4. The first-order chi connectivity index (χ1) is 12.6. The van der Waals surface area contributed by atoms with E-state index in [9.17, 15) is 9.18 Å². The topological polar surface area (TPSA) is 54.0 Å². The van der Waals surface area contributed by atoms with E-state index in [0.29, 0.717) is 11.5 Å². The van der Waals surface area contributed by atoms with Crippen LogP contribution in [0.15, 0.2) is 66.9 Å². The Labute approximate surface area is 156 Å². The van der Waals surface area contributed by atoms with E-state index in [2.05, 4.69) is 15.6 Å². The quantitative estimate of drug-likeness (QED) is 0.657. The number of nitrogens with one attached hydrogen (secondary N) is 2. The molecule has 4 nitrogen and oxygen atoms in total. The van der Waals surface area contributed by atoms with Crippen molar-refractivity contribution in [1.82, 2.24) is 4.98 Å². The van der Waals surface area contributed by atoms with Crippen molar-refractivity contribution in [3.63, 3.8) is 0 Å². The second-order valence-corrected chi connectivity index (χ2v) is 6.14. The van der Waals surface area contributed by atoms with Crippen LogP contribution in [0, 0.1) is 5.82 Å². The molecule has 0 unspecified atom stereocenters. The van der Waals surface area contributed by atoms with E-state index in [0.717, 1.165) is 18.0 Å². The Bertz CT molecular complexity index is 882. The SMILES string of the molecule is O=C(Nc1ccc(NCCc2ccc(Cl)cc2)nc1)c1cccc(F)c1. The van der Waals surface area contributed by atoms with E-state index in [4.69, 9.17) is 11.6 Å². The summed E-state index contributed by atoms with van der Waals surface area (Å²) in [5.74, 6) is -0.117. The van der Waals surface area contributed by atoms with Crippen molar-refractivity contribution in [2.24, 2.45) is 0 Å². The highest BCUT2D eigenvalue weighted by molar-refractivity contribution is 6.30. The van der Waals surface area contributed by atoms with Crippen molar-refractivity contribution in [2.45, 2.75) is 6.42 Å². The molecule has 0 bridgehead atoms. The van der Waals surface area contributed by atoms with Crippen LogP contribution in [-0.4, -0.2) is 17.4 Å². The van der Waals surface area contributed by atoms with Gasteiger partial charge < -0.3 is 10.6 Å². The normalized spacial score (nSPS) is 10.4. The van der Waals surface area contributed by atoms with Gasteiger partial charge in [-0.05, 0) is 54.4 Å². The number of amides is 1. The Kier molecular flexibility index (Phi) is 5.81. The molecule has 1 aromatic heterocycles. The lowest BCUT2D eigenvalue weighted by atomic mass is 10.1. The van der Waals surface area contributed by atoms with Gasteiger partial charge in [0.05, 0.1) is 11.9 Å². The molecule has 26 heavy (non-hydrogen) atoms. The van der Waals surface area contributed by atoms with E-state index in [-0.39, 0.29) is 11.5 Å². The molecule has 1 amide bonds. The summed E-state index contributed by atoms with van der Waals surface area (Å²) in [6, 6.07) is 16.8. The van der Waals surface area contributed by atoms with Gasteiger partial charge in [-0.2, -0.15) is 0 Å². The molecule has 0 aliphatic carbocycles. The highest BCUT2D eigenvalue weighted by Crippen LogP contribution is 2.13. The summed E-state index contributed by atoms with van der Waals surface area (Å²) >= 11 is 5.87. The number of halogens is 2. The molecule has 6 heteroatoms. The van der Waals surface area contributed by atoms with Crippen LogP contribution in [0.4, 0.5) is 15.9 Å². The van der Waals surface area contributed by atoms with Gasteiger partial charge in [0.15, 0.2) is 0 Å². The van der Waals surface area contributed by atoms with Crippen LogP contribution in [0.2, 0.25) is 5.02 Å². The number of carbonyl (C=O) groups is 1. The van der Waals surface area contributed by atoms with Crippen LogP contribution in [0.5, 0.6) is 0 Å². The molecule has 2 aromatic carbocycles. The maximum absolute atomic E-state index is 13.2. The maximum Gasteiger partial charge on any atom is 0.255 e. The van der Waals surface area contributed by atoms with Gasteiger partial charge in [-0.3, -0.25) is 4.79 Å². The van der Waals surface area contributed by atoms with Crippen LogP contribution < -0.4 is 10.6 Å². The van der Waals surface area contributed by atoms with Crippen molar-refractivity contribution >= 4 is 29.0 Å². The number of hydrogen-bond donors (Lipinski definition) is 2. The number of nitrogens with zero attached hydrogens (tertiary/aromatic N) is 1. The number of anilines is 2. The fourth-order valence-electron chi connectivity index (χ4n) is 2.39. The molecule has 0 saturated carbocycles. The Hall–Kier alpha value is -2.92. The lowest BCUT2D eigenvalue weighted by Crippen LogP contribution is -2.12. The third-order valence-electron chi connectivity index (χ3n) is 3.74. The summed E-state index contributed by atoms with van der Waals surface area (Å²) in [5, 5.41) is 6.63. The lowest BCUT2D eigenvalue weighted by molar-refractivity contribution is 0.102. The van der Waals surface area contributed by atoms with E-state index in [1.165, 1.54) is 23.8 Å². The second kappa shape index (κ2) is 8.45. The minimum atomic E-state index is -0.448. The molecule has 0 spiro atoms. The molecule has 0 radical (unpaired) electrons. The molecule has 1 heterocycles. The number of rotatable bonds is 6. The van der Waals surface area contributed by atoms with E-state index in [1.54, 1.807) is 24.4 Å². The van der Waals surface area contributed by atoms with Crippen molar-refractivity contribution in [3.8, 4) is 0 Å². The van der Waals surface area contributed by atoms with Gasteiger partial charge >= 0.3 is 0 Å². The Morgan fingerprint density at radius 2 is 1.88 bits per heavy atom. The largest absolute Gasteiger partial charge is 0.370 e. The average molecular weight is 370 g/mol. The zero-order valence-corrected chi connectivity index (χ0v) is 14.6. The highest BCUT2D eigenvalue weighted by Gasteiger charge is 2.07. The first kappa shape index (κ1) is 17.9. The maximum atomic E-state index is 13.2. The summed E-state index contributed by atoms with van der Waals surface area (Å²) in [6.07, 6.45) is 2.40. The molecule has 3 aromatic rings. The number of hydrogen-bond acceptors (Lipinski definition) is 3. The number of aromatic nitrogens is 1. The number of pyridine rings is 1. The average Bonchev–Trinajstić information content (AvgIpc) is 2.65. The standard InChI is InChI=1S/C20H17ClFN3O/c21-16-6-4-14(5-7-16)10-11-23-19-9-8-18(13-24-19)25-20(26)15-2-1-3-17(22)12-15/h1-9,12-13H,10-11H2,(H,23,24)(H,25,26). The third kappa shape index (κ3) is 5.04. The molecule has 132 valence electrons. The van der Waals surface area contributed by atoms with Gasteiger partial charge in [-0.25, -0.2) is 9.37 Å². The first-order valence-electron chi connectivity index (χ1n) is 8.11. The fraction of sp³-hybridized carbons (Fsp3) is 0.100. The predicted octanol–water partition coefficient (Wildman–Crippen LogP) is 4.78. The Balaban J connectivity index is 1.51. The van der Waals surface area contributed by atoms with Gasteiger partial charge in [-0.15, -0.1) is 0 Å². The monoisotopic (exact) mass is 369 g/mol. The molecule has 2 N–H and O–H groups in total. The summed E-state index contributed by atoms with van der Waals surface area (Å²) < 4.78 is 13.2. The molecule has 3 rings (SSSR count). The predicted molar refractivity (Wildman–Crippen MR) is 102 cm³/mol. The zero-order valence-electron chi connectivity index (χ0n) is 13.9. The van der Waals surface area contributed by atoms with E-state index < -0.39 is 5.82 Å². The van der Waals surface area contributed by atoms with Crippen molar-refractivity contribution in [1.29, 1.82) is 0 Å². The number of benzene rings is 2. The fourth-order valence-corrected chi connectivity index (χ4v) is 2.52. The van der Waals surface area contributed by atoms with Gasteiger partial charge in [0.25, 0.3) is 5.91 Å². The summed E-state index contributed by atoms with van der Waals surface area (Å²) in [7, 11) is 0. The van der Waals surface area contributed by atoms with Crippen LogP contribution >= 0.6 is 11.6 Å². The molecule has 0 aliphatic heterocycles. The van der Waals surface area contributed by atoms with Gasteiger partial charge in [0, 0.05) is 17.1 Å². The van der Waals surface area contributed by atoms with Crippen LogP contribution in [-0.2, 0) is 6.42 Å². The van der Waals surface area contributed by atoms with Gasteiger partial charge in [0.2, 0.25) is 0 Å². The summed E-state index contributed by atoms with van der Waals surface area (Å²) in [4.78, 5) is 16.3. The minimum absolute atomic E-state index is 0.259. The van der Waals surface area contributed by atoms with Crippen molar-refractivity contribution in [2.75, 3.05) is 17.2 Å². The molecular formula is C20H17ClFN3O. The molecule has 0 aliphatic rings.